The third kappa shape index (κ3) is 4.32. The molecule has 4 nitrogen and oxygen atoms in total. The SMILES string of the molecule is CSC1CCC(N(C)C(=O)c2ccnc(OCC(F)F)c2)C1. The molecule has 122 valence electrons. The van der Waals surface area contributed by atoms with Gasteiger partial charge in [-0.1, -0.05) is 0 Å². The predicted octanol–water partition coefficient (Wildman–Crippen LogP) is 3.08. The van der Waals surface area contributed by atoms with Crippen molar-refractivity contribution in [2.75, 3.05) is 19.9 Å². The molecule has 1 fully saturated rings. The van der Waals surface area contributed by atoms with E-state index in [4.69, 9.17) is 4.74 Å². The Balaban J connectivity index is 2.01. The highest BCUT2D eigenvalue weighted by Gasteiger charge is 2.29. The second-order valence-corrected chi connectivity index (χ2v) is 6.46. The van der Waals surface area contributed by atoms with Crippen LogP contribution < -0.4 is 4.74 Å². The zero-order chi connectivity index (χ0) is 16.1. The molecule has 1 aromatic heterocycles. The molecule has 0 N–H and O–H groups in total. The number of rotatable bonds is 6. The van der Waals surface area contributed by atoms with Crippen molar-refractivity contribution < 1.29 is 18.3 Å². The minimum Gasteiger partial charge on any atom is -0.472 e. The van der Waals surface area contributed by atoms with Gasteiger partial charge in [0, 0.05) is 36.2 Å². The second kappa shape index (κ2) is 7.76. The lowest BCUT2D eigenvalue weighted by Gasteiger charge is -2.24. The van der Waals surface area contributed by atoms with E-state index in [1.165, 1.54) is 12.3 Å². The summed E-state index contributed by atoms with van der Waals surface area (Å²) in [6.45, 7) is -0.724. The molecule has 0 aliphatic heterocycles. The molecule has 2 atom stereocenters. The van der Waals surface area contributed by atoms with E-state index < -0.39 is 13.0 Å². The topological polar surface area (TPSA) is 42.4 Å². The van der Waals surface area contributed by atoms with Crippen LogP contribution in [0.25, 0.3) is 0 Å². The summed E-state index contributed by atoms with van der Waals surface area (Å²) in [5, 5.41) is 0.600. The predicted molar refractivity (Wildman–Crippen MR) is 82.8 cm³/mol. The van der Waals surface area contributed by atoms with Gasteiger partial charge in [0.15, 0.2) is 6.61 Å². The molecule has 1 amide bonds. The van der Waals surface area contributed by atoms with Crippen LogP contribution in [0.1, 0.15) is 29.6 Å². The summed E-state index contributed by atoms with van der Waals surface area (Å²) in [7, 11) is 1.79. The van der Waals surface area contributed by atoms with Crippen molar-refractivity contribution >= 4 is 17.7 Å². The largest absolute Gasteiger partial charge is 0.472 e. The van der Waals surface area contributed by atoms with Gasteiger partial charge in [-0.3, -0.25) is 4.79 Å². The van der Waals surface area contributed by atoms with Crippen LogP contribution in [-0.2, 0) is 0 Å². The zero-order valence-corrected chi connectivity index (χ0v) is 13.5. The molecule has 0 radical (unpaired) electrons. The summed E-state index contributed by atoms with van der Waals surface area (Å²) in [5.41, 5.74) is 0.411. The first kappa shape index (κ1) is 17.0. The molecule has 1 aliphatic carbocycles. The standard InChI is InChI=1S/C15H20F2N2O2S/c1-19(11-3-4-12(8-11)22-2)15(20)10-5-6-18-14(7-10)21-9-13(16)17/h5-7,11-13H,3-4,8-9H2,1-2H3. The van der Waals surface area contributed by atoms with Crippen LogP contribution in [0.15, 0.2) is 18.3 Å². The Kier molecular flexibility index (Phi) is 5.99. The lowest BCUT2D eigenvalue weighted by Crippen LogP contribution is -2.35. The van der Waals surface area contributed by atoms with Gasteiger partial charge in [0.25, 0.3) is 12.3 Å². The summed E-state index contributed by atoms with van der Waals surface area (Å²) in [6, 6.07) is 3.22. The number of aromatic nitrogens is 1. The van der Waals surface area contributed by atoms with Crippen molar-refractivity contribution in [1.82, 2.24) is 9.88 Å². The molecule has 7 heteroatoms. The van der Waals surface area contributed by atoms with Crippen LogP contribution in [-0.4, -0.2) is 53.4 Å². The smallest absolute Gasteiger partial charge is 0.272 e. The third-order valence-corrected chi connectivity index (χ3v) is 4.99. The van der Waals surface area contributed by atoms with Gasteiger partial charge in [-0.15, -0.1) is 0 Å². The molecule has 0 spiro atoms. The molecule has 0 aromatic carbocycles. The maximum atomic E-state index is 12.5. The van der Waals surface area contributed by atoms with E-state index in [1.54, 1.807) is 18.0 Å². The highest BCUT2D eigenvalue weighted by Crippen LogP contribution is 2.31. The zero-order valence-electron chi connectivity index (χ0n) is 12.7. The molecular weight excluding hydrogens is 310 g/mol. The number of alkyl halides is 2. The lowest BCUT2D eigenvalue weighted by molar-refractivity contribution is 0.0731. The Morgan fingerprint density at radius 2 is 2.32 bits per heavy atom. The average molecular weight is 330 g/mol. The van der Waals surface area contributed by atoms with Crippen molar-refractivity contribution in [3.8, 4) is 5.88 Å². The number of carbonyl (C=O) groups is 1. The van der Waals surface area contributed by atoms with Crippen molar-refractivity contribution in [3.05, 3.63) is 23.9 Å². The summed E-state index contributed by atoms with van der Waals surface area (Å²) >= 11 is 1.83. The summed E-state index contributed by atoms with van der Waals surface area (Å²) in [5.74, 6) is -0.0796. The van der Waals surface area contributed by atoms with Gasteiger partial charge in [-0.25, -0.2) is 13.8 Å². The average Bonchev–Trinajstić information content (AvgIpc) is 3.00. The van der Waals surface area contributed by atoms with Gasteiger partial charge in [0.2, 0.25) is 5.88 Å². The molecule has 1 aromatic rings. The van der Waals surface area contributed by atoms with E-state index in [0.29, 0.717) is 10.8 Å². The molecule has 22 heavy (non-hydrogen) atoms. The van der Waals surface area contributed by atoms with Gasteiger partial charge in [-0.2, -0.15) is 11.8 Å². The van der Waals surface area contributed by atoms with Crippen molar-refractivity contribution in [3.63, 3.8) is 0 Å². The molecule has 2 unspecified atom stereocenters. The number of pyridine rings is 1. The van der Waals surface area contributed by atoms with Crippen molar-refractivity contribution in [2.45, 2.75) is 37.0 Å². The van der Waals surface area contributed by atoms with E-state index in [2.05, 4.69) is 11.2 Å². The monoisotopic (exact) mass is 330 g/mol. The van der Waals surface area contributed by atoms with Crippen LogP contribution in [0.4, 0.5) is 8.78 Å². The van der Waals surface area contributed by atoms with Crippen molar-refractivity contribution in [2.24, 2.45) is 0 Å². The van der Waals surface area contributed by atoms with Crippen LogP contribution in [0.3, 0.4) is 0 Å². The fourth-order valence-electron chi connectivity index (χ4n) is 2.62. The summed E-state index contributed by atoms with van der Waals surface area (Å²) in [4.78, 5) is 18.1. The molecule has 1 aliphatic rings. The minimum atomic E-state index is -2.56. The molecule has 0 saturated heterocycles. The fraction of sp³-hybridized carbons (Fsp3) is 0.600. The van der Waals surface area contributed by atoms with E-state index >= 15 is 0 Å². The third-order valence-electron chi connectivity index (χ3n) is 3.90. The van der Waals surface area contributed by atoms with Gasteiger partial charge >= 0.3 is 0 Å². The van der Waals surface area contributed by atoms with E-state index in [-0.39, 0.29) is 17.8 Å². The van der Waals surface area contributed by atoms with Crippen molar-refractivity contribution in [1.29, 1.82) is 0 Å². The molecule has 0 bridgehead atoms. The first-order chi connectivity index (χ1) is 10.5. The number of halogens is 2. The Hall–Kier alpha value is -1.37. The Morgan fingerprint density at radius 3 is 2.95 bits per heavy atom. The molecule has 2 rings (SSSR count). The summed E-state index contributed by atoms with van der Waals surface area (Å²) in [6.07, 6.45) is 4.02. The van der Waals surface area contributed by atoms with Crippen LogP contribution in [0.2, 0.25) is 0 Å². The number of hydrogen-bond donors (Lipinski definition) is 0. The number of thioether (sulfide) groups is 1. The first-order valence-corrected chi connectivity index (χ1v) is 8.47. The van der Waals surface area contributed by atoms with Gasteiger partial charge < -0.3 is 9.64 Å². The maximum Gasteiger partial charge on any atom is 0.272 e. The first-order valence-electron chi connectivity index (χ1n) is 7.18. The number of amides is 1. The molecular formula is C15H20F2N2O2S. The van der Waals surface area contributed by atoms with E-state index in [1.807, 2.05) is 11.8 Å². The quantitative estimate of drug-likeness (QED) is 0.804. The van der Waals surface area contributed by atoms with Gasteiger partial charge in [-0.05, 0) is 31.6 Å². The Labute approximate surface area is 133 Å². The number of hydrogen-bond acceptors (Lipinski definition) is 4. The molecule has 1 saturated carbocycles. The second-order valence-electron chi connectivity index (χ2n) is 5.33. The van der Waals surface area contributed by atoms with Crippen LogP contribution in [0.5, 0.6) is 5.88 Å². The number of ether oxygens (including phenoxy) is 1. The highest BCUT2D eigenvalue weighted by molar-refractivity contribution is 7.99. The van der Waals surface area contributed by atoms with Gasteiger partial charge in [0.05, 0.1) is 0 Å². The number of nitrogens with zero attached hydrogens (tertiary/aromatic N) is 2. The van der Waals surface area contributed by atoms with E-state index in [0.717, 1.165) is 19.3 Å². The lowest BCUT2D eigenvalue weighted by atomic mass is 10.1. The fourth-order valence-corrected chi connectivity index (χ4v) is 3.41. The van der Waals surface area contributed by atoms with Crippen LogP contribution >= 0.6 is 11.8 Å². The molecule has 1 heterocycles. The normalized spacial score (nSPS) is 21.1. The van der Waals surface area contributed by atoms with Gasteiger partial charge in [0.1, 0.15) is 0 Å². The van der Waals surface area contributed by atoms with E-state index in [9.17, 15) is 13.6 Å². The summed E-state index contributed by atoms with van der Waals surface area (Å²) < 4.78 is 29.2. The maximum absolute atomic E-state index is 12.5. The highest BCUT2D eigenvalue weighted by atomic mass is 32.2. The number of carbonyl (C=O) groups excluding carboxylic acids is 1. The Bertz CT molecular complexity index is 516. The van der Waals surface area contributed by atoms with Crippen LogP contribution in [0, 0.1) is 0 Å². The minimum absolute atomic E-state index is 0.0490. The Morgan fingerprint density at radius 1 is 1.55 bits per heavy atom.